The number of carbonyl (C=O) groups excluding carboxylic acids is 1. The number of amides is 1. The zero-order chi connectivity index (χ0) is 17.4. The number of hydrogen-bond acceptors (Lipinski definition) is 4. The quantitative estimate of drug-likeness (QED) is 0.611. The van der Waals surface area contributed by atoms with E-state index in [9.17, 15) is 14.3 Å². The number of aromatic hydroxyl groups is 1. The monoisotopic (exact) mass is 383 g/mol. The summed E-state index contributed by atoms with van der Waals surface area (Å²) >= 11 is 16.7. The average Bonchev–Trinajstić information content (AvgIpc) is 2.80. The third-order valence-corrected chi connectivity index (χ3v) is 4.06. The van der Waals surface area contributed by atoms with Gasteiger partial charge in [-0.2, -0.15) is 0 Å². The van der Waals surface area contributed by atoms with Crippen molar-refractivity contribution >= 4 is 58.3 Å². The van der Waals surface area contributed by atoms with Crippen LogP contribution in [0.4, 0.5) is 10.1 Å². The number of phenols is 1. The van der Waals surface area contributed by atoms with Gasteiger partial charge in [0.25, 0.3) is 5.17 Å². The van der Waals surface area contributed by atoms with E-state index in [0.29, 0.717) is 11.3 Å². The van der Waals surface area contributed by atoms with Crippen LogP contribution in [0.5, 0.6) is 5.75 Å². The molecule has 1 aliphatic rings. The van der Waals surface area contributed by atoms with Crippen molar-refractivity contribution in [1.82, 2.24) is 0 Å². The Morgan fingerprint density at radius 1 is 1.17 bits per heavy atom. The molecular weight excluding hydrogens is 376 g/mol. The number of hydrogen-bond donors (Lipinski definition) is 1. The molecule has 0 saturated carbocycles. The Morgan fingerprint density at radius 2 is 1.75 bits per heavy atom. The number of thiocarbonyl (C=S) groups is 1. The lowest BCUT2D eigenvalue weighted by molar-refractivity contribution is -0.114. The maximum Gasteiger partial charge on any atom is 0.301 e. The smallest absolute Gasteiger partial charge is 0.301 e. The van der Waals surface area contributed by atoms with Crippen molar-refractivity contribution in [2.75, 3.05) is 4.90 Å². The lowest BCUT2D eigenvalue weighted by Gasteiger charge is -2.11. The molecule has 1 aliphatic heterocycles. The first-order chi connectivity index (χ1) is 11.4. The van der Waals surface area contributed by atoms with Gasteiger partial charge < -0.3 is 9.84 Å². The van der Waals surface area contributed by atoms with Crippen molar-refractivity contribution < 1.29 is 19.0 Å². The number of phenolic OH excluding ortho intramolecular Hbond substituents is 1. The normalized spacial score (nSPS) is 16.0. The molecule has 24 heavy (non-hydrogen) atoms. The summed E-state index contributed by atoms with van der Waals surface area (Å²) in [6, 6.07) is 8.12. The van der Waals surface area contributed by atoms with Crippen molar-refractivity contribution in [1.29, 1.82) is 0 Å². The predicted molar refractivity (Wildman–Crippen MR) is 93.7 cm³/mol. The molecule has 1 fully saturated rings. The number of benzene rings is 2. The van der Waals surface area contributed by atoms with Gasteiger partial charge >= 0.3 is 5.91 Å². The third kappa shape index (κ3) is 3.08. The van der Waals surface area contributed by atoms with Crippen molar-refractivity contribution in [2.45, 2.75) is 0 Å². The summed E-state index contributed by atoms with van der Waals surface area (Å²) in [5, 5.41) is 9.56. The van der Waals surface area contributed by atoms with Gasteiger partial charge in [0.15, 0.2) is 11.5 Å². The van der Waals surface area contributed by atoms with Gasteiger partial charge in [0.05, 0.1) is 15.7 Å². The second-order valence-corrected chi connectivity index (χ2v) is 5.99. The standard InChI is InChI=1S/C16H8Cl2FNO3S/c17-11-5-8(6-12(18)14(11)21)7-13-15(22)20(16(24)23-13)10-3-1-9(19)2-4-10/h1-7,21H/b13-7+. The van der Waals surface area contributed by atoms with E-state index in [1.54, 1.807) is 0 Å². The fraction of sp³-hybridized carbons (Fsp3) is 0. The SMILES string of the molecule is O=C1/C(=C\c2cc(Cl)c(O)c(Cl)c2)OC(=S)N1c1ccc(F)cc1. The van der Waals surface area contributed by atoms with Crippen molar-refractivity contribution in [3.05, 3.63) is 63.6 Å². The van der Waals surface area contributed by atoms with Gasteiger partial charge in [0, 0.05) is 0 Å². The molecule has 0 atom stereocenters. The maximum absolute atomic E-state index is 13.0. The fourth-order valence-corrected chi connectivity index (χ4v) is 2.88. The topological polar surface area (TPSA) is 49.8 Å². The first-order valence-corrected chi connectivity index (χ1v) is 7.75. The molecule has 1 N–H and O–H groups in total. The highest BCUT2D eigenvalue weighted by atomic mass is 35.5. The molecule has 4 nitrogen and oxygen atoms in total. The average molecular weight is 384 g/mol. The second-order valence-electron chi connectivity index (χ2n) is 4.83. The summed E-state index contributed by atoms with van der Waals surface area (Å²) in [5.74, 6) is -1.22. The van der Waals surface area contributed by atoms with E-state index >= 15 is 0 Å². The summed E-state index contributed by atoms with van der Waals surface area (Å²) in [6.45, 7) is 0. The molecule has 0 unspecified atom stereocenters. The summed E-state index contributed by atoms with van der Waals surface area (Å²) in [6.07, 6.45) is 1.40. The van der Waals surface area contributed by atoms with Crippen LogP contribution in [0.15, 0.2) is 42.2 Å². The van der Waals surface area contributed by atoms with Crippen LogP contribution in [0.1, 0.15) is 5.56 Å². The Morgan fingerprint density at radius 3 is 2.33 bits per heavy atom. The number of nitrogens with zero attached hydrogens (tertiary/aromatic N) is 1. The molecule has 2 aromatic carbocycles. The first kappa shape index (κ1) is 16.7. The molecule has 1 amide bonds. The Bertz CT molecular complexity index is 860. The third-order valence-electron chi connectivity index (χ3n) is 3.22. The number of carbonyl (C=O) groups is 1. The van der Waals surface area contributed by atoms with E-state index in [1.807, 2.05) is 0 Å². The highest BCUT2D eigenvalue weighted by Crippen LogP contribution is 2.34. The highest BCUT2D eigenvalue weighted by molar-refractivity contribution is 7.80. The Balaban J connectivity index is 1.95. The highest BCUT2D eigenvalue weighted by Gasteiger charge is 2.34. The van der Waals surface area contributed by atoms with Crippen LogP contribution >= 0.6 is 35.4 Å². The van der Waals surface area contributed by atoms with Gasteiger partial charge in [-0.1, -0.05) is 23.2 Å². The van der Waals surface area contributed by atoms with Gasteiger partial charge in [-0.3, -0.25) is 4.79 Å². The van der Waals surface area contributed by atoms with E-state index in [2.05, 4.69) is 0 Å². The second kappa shape index (κ2) is 6.39. The number of rotatable bonds is 2. The first-order valence-electron chi connectivity index (χ1n) is 6.58. The van der Waals surface area contributed by atoms with Crippen LogP contribution < -0.4 is 4.90 Å². The Labute approximate surface area is 151 Å². The zero-order valence-corrected chi connectivity index (χ0v) is 14.1. The van der Waals surface area contributed by atoms with Gasteiger partial charge in [-0.15, -0.1) is 0 Å². The fourth-order valence-electron chi connectivity index (χ4n) is 2.10. The van der Waals surface area contributed by atoms with Crippen LogP contribution in [0, 0.1) is 5.82 Å². The minimum absolute atomic E-state index is 0.0396. The summed E-state index contributed by atoms with van der Waals surface area (Å²) in [4.78, 5) is 13.6. The van der Waals surface area contributed by atoms with Crippen LogP contribution in [0.2, 0.25) is 10.0 Å². The summed E-state index contributed by atoms with van der Waals surface area (Å²) in [7, 11) is 0. The molecule has 0 spiro atoms. The summed E-state index contributed by atoms with van der Waals surface area (Å²) < 4.78 is 18.3. The van der Waals surface area contributed by atoms with Crippen molar-refractivity contribution in [3.63, 3.8) is 0 Å². The molecule has 0 bridgehead atoms. The molecule has 3 rings (SSSR count). The van der Waals surface area contributed by atoms with E-state index in [-0.39, 0.29) is 26.7 Å². The molecule has 1 heterocycles. The van der Waals surface area contributed by atoms with Crippen LogP contribution in [-0.2, 0) is 9.53 Å². The lowest BCUT2D eigenvalue weighted by Crippen LogP contribution is -2.27. The maximum atomic E-state index is 13.0. The molecule has 0 aromatic heterocycles. The molecule has 1 saturated heterocycles. The lowest BCUT2D eigenvalue weighted by atomic mass is 10.2. The van der Waals surface area contributed by atoms with E-state index in [1.165, 1.54) is 42.5 Å². The molecule has 0 radical (unpaired) electrons. The van der Waals surface area contributed by atoms with Crippen LogP contribution in [-0.4, -0.2) is 16.2 Å². The van der Waals surface area contributed by atoms with Crippen LogP contribution in [0.3, 0.4) is 0 Å². The van der Waals surface area contributed by atoms with Gasteiger partial charge in [-0.25, -0.2) is 9.29 Å². The minimum atomic E-state index is -0.507. The van der Waals surface area contributed by atoms with Crippen LogP contribution in [0.25, 0.3) is 6.08 Å². The Kier molecular flexibility index (Phi) is 4.45. The predicted octanol–water partition coefficient (Wildman–Crippen LogP) is 4.53. The molecule has 8 heteroatoms. The van der Waals surface area contributed by atoms with Crippen molar-refractivity contribution in [2.24, 2.45) is 0 Å². The largest absolute Gasteiger partial charge is 0.505 e. The molecule has 2 aromatic rings. The van der Waals surface area contributed by atoms with Gasteiger partial charge in [0.2, 0.25) is 0 Å². The van der Waals surface area contributed by atoms with Gasteiger partial charge in [0.1, 0.15) is 5.82 Å². The number of anilines is 1. The van der Waals surface area contributed by atoms with E-state index in [4.69, 9.17) is 40.2 Å². The minimum Gasteiger partial charge on any atom is -0.505 e. The number of halogens is 3. The zero-order valence-electron chi connectivity index (χ0n) is 11.8. The number of ether oxygens (including phenoxy) is 1. The van der Waals surface area contributed by atoms with E-state index < -0.39 is 11.7 Å². The van der Waals surface area contributed by atoms with Gasteiger partial charge in [-0.05, 0) is 60.3 Å². The molecule has 0 aliphatic carbocycles. The summed E-state index contributed by atoms with van der Waals surface area (Å²) in [5.41, 5.74) is 0.839. The van der Waals surface area contributed by atoms with E-state index in [0.717, 1.165) is 4.90 Å². The molecule has 122 valence electrons. The molecular formula is C16H8Cl2FNO3S. The van der Waals surface area contributed by atoms with Crippen molar-refractivity contribution in [3.8, 4) is 5.75 Å². The Hall–Kier alpha value is -2.15.